The van der Waals surface area contributed by atoms with Gasteiger partial charge >= 0.3 is 0 Å². The van der Waals surface area contributed by atoms with Gasteiger partial charge in [-0.1, -0.05) is 11.6 Å². The molecule has 0 radical (unpaired) electrons. The third-order valence-electron chi connectivity index (χ3n) is 2.91. The van der Waals surface area contributed by atoms with E-state index >= 15 is 0 Å². The van der Waals surface area contributed by atoms with Crippen molar-refractivity contribution in [2.45, 2.75) is 6.92 Å². The third kappa shape index (κ3) is 2.25. The number of halogens is 1. The minimum Gasteiger partial charge on any atom is -0.495 e. The van der Waals surface area contributed by atoms with Crippen molar-refractivity contribution < 1.29 is 4.74 Å². The molecule has 0 bridgehead atoms. The van der Waals surface area contributed by atoms with Gasteiger partial charge in [0.2, 0.25) is 0 Å². The predicted molar refractivity (Wildman–Crippen MR) is 67.8 cm³/mol. The van der Waals surface area contributed by atoms with E-state index in [1.54, 1.807) is 7.11 Å². The average Bonchev–Trinajstić information content (AvgIpc) is 2.33. The number of hydrogen-bond acceptors (Lipinski definition) is 3. The van der Waals surface area contributed by atoms with Gasteiger partial charge in [-0.15, -0.1) is 0 Å². The van der Waals surface area contributed by atoms with Gasteiger partial charge in [0.1, 0.15) is 5.75 Å². The predicted octanol–water partition coefficient (Wildman–Crippen LogP) is 2.07. The van der Waals surface area contributed by atoms with Crippen LogP contribution in [0.5, 0.6) is 5.75 Å². The second-order valence-electron chi connectivity index (χ2n) is 4.02. The molecule has 1 N–H and O–H groups in total. The largest absolute Gasteiger partial charge is 0.495 e. The van der Waals surface area contributed by atoms with Gasteiger partial charge in [0, 0.05) is 37.9 Å². The van der Waals surface area contributed by atoms with Crippen LogP contribution in [0.1, 0.15) is 5.56 Å². The number of hydrogen-bond donors (Lipinski definition) is 1. The van der Waals surface area contributed by atoms with Crippen LogP contribution in [0.3, 0.4) is 0 Å². The number of benzene rings is 1. The van der Waals surface area contributed by atoms with Gasteiger partial charge < -0.3 is 15.0 Å². The Hall–Kier alpha value is -0.930. The minimum atomic E-state index is 0.710. The van der Waals surface area contributed by atoms with E-state index in [-0.39, 0.29) is 0 Å². The van der Waals surface area contributed by atoms with Crippen LogP contribution >= 0.6 is 11.6 Å². The molecule has 0 saturated carbocycles. The smallest absolute Gasteiger partial charge is 0.139 e. The number of piperazine rings is 1. The molecule has 1 saturated heterocycles. The lowest BCUT2D eigenvalue weighted by atomic mass is 10.1. The normalized spacial score (nSPS) is 16.3. The zero-order valence-corrected chi connectivity index (χ0v) is 10.5. The molecule has 0 unspecified atom stereocenters. The number of aryl methyl sites for hydroxylation is 1. The highest BCUT2D eigenvalue weighted by molar-refractivity contribution is 6.32. The first-order valence-electron chi connectivity index (χ1n) is 5.52. The lowest BCUT2D eigenvalue weighted by Crippen LogP contribution is -2.43. The summed E-state index contributed by atoms with van der Waals surface area (Å²) in [5.74, 6) is 0.759. The highest BCUT2D eigenvalue weighted by atomic mass is 35.5. The first-order valence-corrected chi connectivity index (χ1v) is 5.90. The van der Waals surface area contributed by atoms with Crippen LogP contribution in [0.25, 0.3) is 0 Å². The lowest BCUT2D eigenvalue weighted by molar-refractivity contribution is 0.414. The SMILES string of the molecule is COc1cc(N2CCNCC2)cc(C)c1Cl. The summed E-state index contributed by atoms with van der Waals surface area (Å²) in [6, 6.07) is 4.14. The third-order valence-corrected chi connectivity index (χ3v) is 3.39. The Labute approximate surface area is 101 Å². The van der Waals surface area contributed by atoms with E-state index in [0.29, 0.717) is 5.02 Å². The molecule has 3 nitrogen and oxygen atoms in total. The van der Waals surface area contributed by atoms with E-state index in [1.807, 2.05) is 13.0 Å². The van der Waals surface area contributed by atoms with E-state index in [0.717, 1.165) is 37.5 Å². The number of anilines is 1. The van der Waals surface area contributed by atoms with Crippen LogP contribution in [0.4, 0.5) is 5.69 Å². The van der Waals surface area contributed by atoms with Crippen LogP contribution in [0.2, 0.25) is 5.02 Å². The Bertz CT molecular complexity index is 376. The molecule has 0 aliphatic carbocycles. The highest BCUT2D eigenvalue weighted by Gasteiger charge is 2.14. The van der Waals surface area contributed by atoms with E-state index in [4.69, 9.17) is 16.3 Å². The van der Waals surface area contributed by atoms with E-state index in [2.05, 4.69) is 16.3 Å². The summed E-state index contributed by atoms with van der Waals surface area (Å²) in [6.45, 7) is 6.14. The van der Waals surface area contributed by atoms with Crippen LogP contribution in [0.15, 0.2) is 12.1 Å². The average molecular weight is 241 g/mol. The molecule has 2 rings (SSSR count). The van der Waals surface area contributed by atoms with Crippen molar-refractivity contribution in [3.63, 3.8) is 0 Å². The van der Waals surface area contributed by atoms with Crippen molar-refractivity contribution in [1.29, 1.82) is 0 Å². The molecule has 88 valence electrons. The maximum absolute atomic E-state index is 6.15. The van der Waals surface area contributed by atoms with E-state index < -0.39 is 0 Å². The van der Waals surface area contributed by atoms with Crippen LogP contribution in [-0.2, 0) is 0 Å². The first-order chi connectivity index (χ1) is 7.72. The topological polar surface area (TPSA) is 24.5 Å². The van der Waals surface area contributed by atoms with Crippen molar-refractivity contribution in [3.05, 3.63) is 22.7 Å². The van der Waals surface area contributed by atoms with E-state index in [1.165, 1.54) is 5.69 Å². The van der Waals surface area contributed by atoms with Crippen molar-refractivity contribution in [2.75, 3.05) is 38.2 Å². The Morgan fingerprint density at radius 1 is 1.31 bits per heavy atom. The quantitative estimate of drug-likeness (QED) is 0.857. The Kier molecular flexibility index (Phi) is 3.56. The molecular weight excluding hydrogens is 224 g/mol. The zero-order chi connectivity index (χ0) is 11.5. The van der Waals surface area contributed by atoms with Crippen LogP contribution in [0, 0.1) is 6.92 Å². The molecule has 1 aliphatic rings. The number of nitrogens with one attached hydrogen (secondary N) is 1. The molecule has 16 heavy (non-hydrogen) atoms. The van der Waals surface area contributed by atoms with E-state index in [9.17, 15) is 0 Å². The minimum absolute atomic E-state index is 0.710. The number of rotatable bonds is 2. The lowest BCUT2D eigenvalue weighted by Gasteiger charge is -2.30. The van der Waals surface area contributed by atoms with Crippen LogP contribution < -0.4 is 15.0 Å². The summed E-state index contributed by atoms with van der Waals surface area (Å²) in [4.78, 5) is 2.35. The van der Waals surface area contributed by atoms with Crippen molar-refractivity contribution >= 4 is 17.3 Å². The van der Waals surface area contributed by atoms with Crippen molar-refractivity contribution in [3.8, 4) is 5.75 Å². The van der Waals surface area contributed by atoms with Gasteiger partial charge in [-0.05, 0) is 18.6 Å². The monoisotopic (exact) mass is 240 g/mol. The fourth-order valence-corrected chi connectivity index (χ4v) is 2.16. The van der Waals surface area contributed by atoms with Gasteiger partial charge in [0.15, 0.2) is 0 Å². The molecule has 1 aromatic carbocycles. The molecule has 0 amide bonds. The van der Waals surface area contributed by atoms with Crippen LogP contribution in [-0.4, -0.2) is 33.3 Å². The van der Waals surface area contributed by atoms with Gasteiger partial charge in [-0.2, -0.15) is 0 Å². The Morgan fingerprint density at radius 2 is 2.00 bits per heavy atom. The molecule has 4 heteroatoms. The summed E-state index contributed by atoms with van der Waals surface area (Å²) in [5, 5.41) is 4.05. The van der Waals surface area contributed by atoms with Crippen molar-refractivity contribution in [2.24, 2.45) is 0 Å². The summed E-state index contributed by atoms with van der Waals surface area (Å²) < 4.78 is 5.28. The summed E-state index contributed by atoms with van der Waals surface area (Å²) in [5.41, 5.74) is 2.26. The molecule has 1 aliphatic heterocycles. The summed E-state index contributed by atoms with van der Waals surface area (Å²) in [6.07, 6.45) is 0. The maximum Gasteiger partial charge on any atom is 0.139 e. The second-order valence-corrected chi connectivity index (χ2v) is 4.39. The molecule has 0 aromatic heterocycles. The molecule has 1 aromatic rings. The number of nitrogens with zero attached hydrogens (tertiary/aromatic N) is 1. The van der Waals surface area contributed by atoms with Gasteiger partial charge in [0.05, 0.1) is 12.1 Å². The summed E-state index contributed by atoms with van der Waals surface area (Å²) >= 11 is 6.15. The second kappa shape index (κ2) is 4.93. The van der Waals surface area contributed by atoms with Crippen molar-refractivity contribution in [1.82, 2.24) is 5.32 Å². The first kappa shape index (κ1) is 11.6. The fraction of sp³-hybridized carbons (Fsp3) is 0.500. The van der Waals surface area contributed by atoms with Gasteiger partial charge in [0.25, 0.3) is 0 Å². The zero-order valence-electron chi connectivity index (χ0n) is 9.72. The number of methoxy groups -OCH3 is 1. The molecule has 0 spiro atoms. The Balaban J connectivity index is 2.29. The fourth-order valence-electron chi connectivity index (χ4n) is 1.97. The molecule has 0 atom stereocenters. The van der Waals surface area contributed by atoms with Gasteiger partial charge in [-0.25, -0.2) is 0 Å². The summed E-state index contributed by atoms with van der Waals surface area (Å²) in [7, 11) is 1.65. The Morgan fingerprint density at radius 3 is 2.62 bits per heavy atom. The van der Waals surface area contributed by atoms with Gasteiger partial charge in [-0.3, -0.25) is 0 Å². The highest BCUT2D eigenvalue weighted by Crippen LogP contribution is 2.33. The molecular formula is C12H17ClN2O. The molecule has 1 fully saturated rings. The number of ether oxygens (including phenoxy) is 1. The standard InChI is InChI=1S/C12H17ClN2O/c1-9-7-10(8-11(16-2)12(9)13)15-5-3-14-4-6-15/h7-8,14H,3-6H2,1-2H3. The maximum atomic E-state index is 6.15. The molecule has 1 heterocycles.